The number of carbonyl (C=O) groups is 1. The molecule has 3 nitrogen and oxygen atoms in total. The Morgan fingerprint density at radius 1 is 1.29 bits per heavy atom. The standard InChI is InChI=1S/C13H21IN2O/c14-12-5-3-11(4-6-12)13(17)15-7-10-16-8-1-2-9-16/h3,5,11-12H,1-2,4,6-10H2,(H,15,17). The molecule has 2 atom stereocenters. The van der Waals surface area contributed by atoms with Gasteiger partial charge in [0, 0.05) is 17.0 Å². The van der Waals surface area contributed by atoms with Crippen LogP contribution >= 0.6 is 22.6 Å². The number of halogens is 1. The van der Waals surface area contributed by atoms with E-state index in [9.17, 15) is 4.79 Å². The predicted molar refractivity (Wildman–Crippen MR) is 78.4 cm³/mol. The molecule has 0 aromatic heterocycles. The van der Waals surface area contributed by atoms with Gasteiger partial charge >= 0.3 is 0 Å². The Bertz CT molecular complexity index is 287. The summed E-state index contributed by atoms with van der Waals surface area (Å²) in [4.78, 5) is 14.3. The third-order valence-corrected chi connectivity index (χ3v) is 4.61. The van der Waals surface area contributed by atoms with E-state index < -0.39 is 0 Å². The fourth-order valence-corrected chi connectivity index (χ4v) is 3.08. The Kier molecular flexibility index (Phi) is 5.28. The Hall–Kier alpha value is -0.100. The first-order valence-electron chi connectivity index (χ1n) is 6.58. The zero-order valence-corrected chi connectivity index (χ0v) is 12.4. The van der Waals surface area contributed by atoms with E-state index in [1.54, 1.807) is 0 Å². The van der Waals surface area contributed by atoms with Crippen LogP contribution in [0.4, 0.5) is 0 Å². The number of amides is 1. The van der Waals surface area contributed by atoms with Gasteiger partial charge in [-0.25, -0.2) is 0 Å². The molecule has 1 aliphatic heterocycles. The average molecular weight is 348 g/mol. The van der Waals surface area contributed by atoms with Crippen molar-refractivity contribution in [3.63, 3.8) is 0 Å². The molecule has 1 saturated heterocycles. The van der Waals surface area contributed by atoms with Gasteiger partial charge in [0.2, 0.25) is 5.91 Å². The number of nitrogens with one attached hydrogen (secondary N) is 1. The number of hydrogen-bond acceptors (Lipinski definition) is 2. The number of hydrogen-bond donors (Lipinski definition) is 1. The van der Waals surface area contributed by atoms with Gasteiger partial charge in [-0.15, -0.1) is 0 Å². The lowest BCUT2D eigenvalue weighted by molar-refractivity contribution is -0.123. The van der Waals surface area contributed by atoms with Crippen molar-refractivity contribution in [1.82, 2.24) is 10.2 Å². The first-order valence-corrected chi connectivity index (χ1v) is 7.83. The highest BCUT2D eigenvalue weighted by molar-refractivity contribution is 14.1. The molecule has 1 heterocycles. The largest absolute Gasteiger partial charge is 0.354 e. The van der Waals surface area contributed by atoms with Crippen LogP contribution < -0.4 is 5.32 Å². The lowest BCUT2D eigenvalue weighted by Gasteiger charge is -2.20. The third-order valence-electron chi connectivity index (χ3n) is 3.57. The van der Waals surface area contributed by atoms with Crippen molar-refractivity contribution in [3.8, 4) is 0 Å². The van der Waals surface area contributed by atoms with E-state index in [0.717, 1.165) is 25.9 Å². The number of carbonyl (C=O) groups excluding carboxylic acids is 1. The summed E-state index contributed by atoms with van der Waals surface area (Å²) in [6.07, 6.45) is 8.99. The molecule has 1 N–H and O–H groups in total. The van der Waals surface area contributed by atoms with Gasteiger partial charge in [-0.3, -0.25) is 4.79 Å². The summed E-state index contributed by atoms with van der Waals surface area (Å²) in [7, 11) is 0. The van der Waals surface area contributed by atoms with Gasteiger partial charge < -0.3 is 10.2 Å². The van der Waals surface area contributed by atoms with E-state index in [-0.39, 0.29) is 11.8 Å². The molecule has 0 bridgehead atoms. The second-order valence-electron chi connectivity index (χ2n) is 4.92. The van der Waals surface area contributed by atoms with Crippen molar-refractivity contribution in [2.45, 2.75) is 29.6 Å². The van der Waals surface area contributed by atoms with Crippen LogP contribution in [0.3, 0.4) is 0 Å². The molecule has 0 aromatic rings. The van der Waals surface area contributed by atoms with Gasteiger partial charge in [-0.2, -0.15) is 0 Å². The van der Waals surface area contributed by atoms with Crippen LogP contribution in [-0.2, 0) is 4.79 Å². The topological polar surface area (TPSA) is 32.3 Å². The summed E-state index contributed by atoms with van der Waals surface area (Å²) in [5.74, 6) is 0.323. The fraction of sp³-hybridized carbons (Fsp3) is 0.769. The molecule has 96 valence electrons. The highest BCUT2D eigenvalue weighted by atomic mass is 127. The SMILES string of the molecule is O=C(NCCN1CCCC1)C1C=CC(I)CC1. The van der Waals surface area contributed by atoms with Crippen molar-refractivity contribution in [1.29, 1.82) is 0 Å². The van der Waals surface area contributed by atoms with Crippen LogP contribution in [0.1, 0.15) is 25.7 Å². The van der Waals surface area contributed by atoms with Crippen LogP contribution in [-0.4, -0.2) is 40.9 Å². The molecule has 17 heavy (non-hydrogen) atoms. The molecule has 1 aliphatic carbocycles. The lowest BCUT2D eigenvalue weighted by atomic mass is 9.95. The summed E-state index contributed by atoms with van der Waals surface area (Å²) >= 11 is 2.42. The highest BCUT2D eigenvalue weighted by Gasteiger charge is 2.20. The second kappa shape index (κ2) is 6.73. The van der Waals surface area contributed by atoms with Crippen molar-refractivity contribution in [3.05, 3.63) is 12.2 Å². The third kappa shape index (κ3) is 4.25. The minimum Gasteiger partial charge on any atom is -0.354 e. The van der Waals surface area contributed by atoms with E-state index in [0.29, 0.717) is 3.92 Å². The predicted octanol–water partition coefficient (Wildman–Crippen LogP) is 1.97. The van der Waals surface area contributed by atoms with Gasteiger partial charge in [0.15, 0.2) is 0 Å². The fourth-order valence-electron chi connectivity index (χ4n) is 2.48. The molecular formula is C13H21IN2O. The summed E-state index contributed by atoms with van der Waals surface area (Å²) in [5.41, 5.74) is 0. The Balaban J connectivity index is 1.65. The Morgan fingerprint density at radius 2 is 2.06 bits per heavy atom. The first-order chi connectivity index (χ1) is 8.25. The lowest BCUT2D eigenvalue weighted by Crippen LogP contribution is -2.37. The molecule has 0 radical (unpaired) electrons. The molecule has 2 unspecified atom stereocenters. The summed E-state index contributed by atoms with van der Waals surface area (Å²) in [5, 5.41) is 3.06. The van der Waals surface area contributed by atoms with Gasteiger partial charge in [0.25, 0.3) is 0 Å². The second-order valence-corrected chi connectivity index (χ2v) is 6.52. The van der Waals surface area contributed by atoms with Crippen LogP contribution in [0.5, 0.6) is 0 Å². The van der Waals surface area contributed by atoms with Gasteiger partial charge in [0.1, 0.15) is 0 Å². The number of allylic oxidation sites excluding steroid dienone is 1. The monoisotopic (exact) mass is 348 g/mol. The summed E-state index contributed by atoms with van der Waals surface area (Å²) in [6.45, 7) is 4.22. The Morgan fingerprint density at radius 3 is 2.71 bits per heavy atom. The first kappa shape index (κ1) is 13.3. The molecule has 1 amide bonds. The molecule has 2 rings (SSSR count). The van der Waals surface area contributed by atoms with Crippen molar-refractivity contribution >= 4 is 28.5 Å². The highest BCUT2D eigenvalue weighted by Crippen LogP contribution is 2.22. The molecule has 1 fully saturated rings. The molecule has 4 heteroatoms. The molecule has 0 aromatic carbocycles. The minimum atomic E-state index is 0.111. The van der Waals surface area contributed by atoms with E-state index in [4.69, 9.17) is 0 Å². The van der Waals surface area contributed by atoms with Crippen LogP contribution in [0.15, 0.2) is 12.2 Å². The maximum absolute atomic E-state index is 11.9. The van der Waals surface area contributed by atoms with Crippen molar-refractivity contribution < 1.29 is 4.79 Å². The van der Waals surface area contributed by atoms with Crippen LogP contribution in [0.2, 0.25) is 0 Å². The van der Waals surface area contributed by atoms with E-state index >= 15 is 0 Å². The molecular weight excluding hydrogens is 327 g/mol. The van der Waals surface area contributed by atoms with Crippen LogP contribution in [0.25, 0.3) is 0 Å². The maximum Gasteiger partial charge on any atom is 0.226 e. The number of alkyl halides is 1. The van der Waals surface area contributed by atoms with E-state index in [2.05, 4.69) is 45.0 Å². The van der Waals surface area contributed by atoms with Gasteiger partial charge in [0.05, 0.1) is 5.92 Å². The molecule has 0 spiro atoms. The van der Waals surface area contributed by atoms with Crippen LogP contribution in [0, 0.1) is 5.92 Å². The molecule has 0 saturated carbocycles. The van der Waals surface area contributed by atoms with Crippen molar-refractivity contribution in [2.24, 2.45) is 5.92 Å². The zero-order chi connectivity index (χ0) is 12.1. The Labute approximate surface area is 117 Å². The van der Waals surface area contributed by atoms with Crippen molar-refractivity contribution in [2.75, 3.05) is 26.2 Å². The van der Waals surface area contributed by atoms with E-state index in [1.165, 1.54) is 25.9 Å². The summed E-state index contributed by atoms with van der Waals surface area (Å²) < 4.78 is 0.612. The zero-order valence-electron chi connectivity index (χ0n) is 10.2. The number of rotatable bonds is 4. The number of nitrogens with zero attached hydrogens (tertiary/aromatic N) is 1. The minimum absolute atomic E-state index is 0.111. The van der Waals surface area contributed by atoms with Gasteiger partial charge in [-0.1, -0.05) is 34.7 Å². The summed E-state index contributed by atoms with van der Waals surface area (Å²) in [6, 6.07) is 0. The average Bonchev–Trinajstić information content (AvgIpc) is 2.83. The van der Waals surface area contributed by atoms with Gasteiger partial charge in [-0.05, 0) is 38.8 Å². The normalized spacial score (nSPS) is 29.5. The maximum atomic E-state index is 11.9. The smallest absolute Gasteiger partial charge is 0.226 e. The number of likely N-dealkylation sites (tertiary alicyclic amines) is 1. The van der Waals surface area contributed by atoms with E-state index in [1.807, 2.05) is 0 Å². The molecule has 2 aliphatic rings. The quantitative estimate of drug-likeness (QED) is 0.479.